The number of carbonyl (C=O) groups excluding carboxylic acids is 2. The smallest absolute Gasteiger partial charge is 0.239 e. The summed E-state index contributed by atoms with van der Waals surface area (Å²) in [4.78, 5) is 33.3. The minimum absolute atomic E-state index is 0.0624. The predicted molar refractivity (Wildman–Crippen MR) is 139 cm³/mol. The lowest BCUT2D eigenvalue weighted by Gasteiger charge is -2.41. The van der Waals surface area contributed by atoms with E-state index in [2.05, 4.69) is 58.6 Å². The second kappa shape index (κ2) is 9.68. The van der Waals surface area contributed by atoms with Gasteiger partial charge in [0.25, 0.3) is 0 Å². The van der Waals surface area contributed by atoms with Crippen LogP contribution in [-0.2, 0) is 16.1 Å². The maximum atomic E-state index is 13.7. The molecule has 2 unspecified atom stereocenters. The van der Waals surface area contributed by atoms with Crippen LogP contribution in [-0.4, -0.2) is 29.3 Å². The maximum absolute atomic E-state index is 13.7. The van der Waals surface area contributed by atoms with Gasteiger partial charge in [0, 0.05) is 36.6 Å². The first-order chi connectivity index (χ1) is 16.9. The Labute approximate surface area is 207 Å². The van der Waals surface area contributed by atoms with E-state index in [0.717, 1.165) is 53.9 Å². The molecule has 0 radical (unpaired) electrons. The molecule has 1 aliphatic heterocycles. The number of amides is 1. The van der Waals surface area contributed by atoms with Gasteiger partial charge in [0.15, 0.2) is 5.78 Å². The van der Waals surface area contributed by atoms with Gasteiger partial charge in [-0.3, -0.25) is 14.6 Å². The lowest BCUT2D eigenvalue weighted by atomic mass is 9.71. The van der Waals surface area contributed by atoms with Crippen LogP contribution >= 0.6 is 0 Å². The fourth-order valence-electron chi connectivity index (χ4n) is 5.78. The Kier molecular flexibility index (Phi) is 6.46. The van der Waals surface area contributed by atoms with Crippen molar-refractivity contribution < 1.29 is 9.59 Å². The van der Waals surface area contributed by atoms with Crippen molar-refractivity contribution in [1.29, 1.82) is 0 Å². The molecule has 182 valence electrons. The number of nitrogens with one attached hydrogen (secondary N) is 2. The SMILES string of the molecule is CC1(C)CC(=O)C2=C(C1)Nc1ccccc1N(CC(=O)NCc1cccnc1)C2C1CC=CCC1. The summed E-state index contributed by atoms with van der Waals surface area (Å²) in [6.45, 7) is 4.94. The number of hydrogen-bond acceptors (Lipinski definition) is 5. The van der Waals surface area contributed by atoms with Crippen molar-refractivity contribution in [3.63, 3.8) is 0 Å². The van der Waals surface area contributed by atoms with Crippen molar-refractivity contribution >= 4 is 23.1 Å². The van der Waals surface area contributed by atoms with Gasteiger partial charge in [0.05, 0.1) is 24.0 Å². The summed E-state index contributed by atoms with van der Waals surface area (Å²) in [5, 5.41) is 6.70. The number of Topliss-reactive ketones (excluding diaryl/α,β-unsaturated/α-hetero) is 1. The highest BCUT2D eigenvalue weighted by Gasteiger charge is 2.43. The molecule has 3 aliphatic rings. The molecule has 2 aromatic rings. The molecule has 2 N–H and O–H groups in total. The Morgan fingerprint density at radius 2 is 2.03 bits per heavy atom. The molecule has 6 nitrogen and oxygen atoms in total. The average Bonchev–Trinajstić information content (AvgIpc) is 2.98. The van der Waals surface area contributed by atoms with Gasteiger partial charge in [-0.25, -0.2) is 0 Å². The van der Waals surface area contributed by atoms with Crippen molar-refractivity contribution in [3.05, 3.63) is 77.8 Å². The predicted octanol–water partition coefficient (Wildman–Crippen LogP) is 5.00. The summed E-state index contributed by atoms with van der Waals surface area (Å²) in [6.07, 6.45) is 12.2. The van der Waals surface area contributed by atoms with Crippen molar-refractivity contribution in [1.82, 2.24) is 10.3 Å². The molecule has 0 bridgehead atoms. The minimum atomic E-state index is -0.140. The van der Waals surface area contributed by atoms with Gasteiger partial charge in [0.2, 0.25) is 5.91 Å². The van der Waals surface area contributed by atoms with Crippen LogP contribution in [0.25, 0.3) is 0 Å². The van der Waals surface area contributed by atoms with E-state index in [1.165, 1.54) is 0 Å². The van der Waals surface area contributed by atoms with Gasteiger partial charge in [-0.05, 0) is 60.8 Å². The number of anilines is 2. The molecule has 1 amide bonds. The number of para-hydroxylation sites is 2. The highest BCUT2D eigenvalue weighted by atomic mass is 16.2. The summed E-state index contributed by atoms with van der Waals surface area (Å²) < 4.78 is 0. The van der Waals surface area contributed by atoms with Gasteiger partial charge in [-0.15, -0.1) is 0 Å². The van der Waals surface area contributed by atoms with E-state index in [9.17, 15) is 9.59 Å². The number of rotatable bonds is 5. The number of carbonyl (C=O) groups is 2. The molecule has 1 aromatic heterocycles. The van der Waals surface area contributed by atoms with Crippen molar-refractivity contribution in [2.45, 2.75) is 58.5 Å². The van der Waals surface area contributed by atoms with E-state index >= 15 is 0 Å². The molecule has 1 aromatic carbocycles. The molecule has 0 spiro atoms. The van der Waals surface area contributed by atoms with Gasteiger partial charge in [0.1, 0.15) is 0 Å². The summed E-state index contributed by atoms with van der Waals surface area (Å²) in [6, 6.07) is 11.8. The van der Waals surface area contributed by atoms with Crippen LogP contribution in [0.1, 0.15) is 51.5 Å². The Morgan fingerprint density at radius 1 is 1.17 bits per heavy atom. The average molecular weight is 471 g/mol. The summed E-state index contributed by atoms with van der Waals surface area (Å²) in [7, 11) is 0. The van der Waals surface area contributed by atoms with Gasteiger partial charge in [-0.1, -0.05) is 44.2 Å². The lowest BCUT2D eigenvalue weighted by Crippen LogP contribution is -2.49. The second-order valence-corrected chi connectivity index (χ2v) is 10.7. The zero-order valence-corrected chi connectivity index (χ0v) is 20.6. The number of aromatic nitrogens is 1. The van der Waals surface area contributed by atoms with Crippen molar-refractivity contribution in [2.24, 2.45) is 11.3 Å². The van der Waals surface area contributed by atoms with Crippen LogP contribution in [0.3, 0.4) is 0 Å². The van der Waals surface area contributed by atoms with E-state index in [4.69, 9.17) is 0 Å². The lowest BCUT2D eigenvalue weighted by molar-refractivity contribution is -0.121. The fraction of sp³-hybridized carbons (Fsp3) is 0.414. The first-order valence-corrected chi connectivity index (χ1v) is 12.6. The normalized spacial score (nSPS) is 23.1. The summed E-state index contributed by atoms with van der Waals surface area (Å²) >= 11 is 0. The number of benzene rings is 1. The van der Waals surface area contributed by atoms with E-state index in [1.54, 1.807) is 12.4 Å². The minimum Gasteiger partial charge on any atom is -0.357 e. The van der Waals surface area contributed by atoms with Crippen LogP contribution in [0, 0.1) is 11.3 Å². The molecule has 2 heterocycles. The molecule has 2 atom stereocenters. The summed E-state index contributed by atoms with van der Waals surface area (Å²) in [5.74, 6) is 0.416. The van der Waals surface area contributed by atoms with Crippen LogP contribution in [0.2, 0.25) is 0 Å². The highest BCUT2D eigenvalue weighted by Crippen LogP contribution is 2.46. The van der Waals surface area contributed by atoms with Crippen LogP contribution in [0.15, 0.2) is 72.2 Å². The van der Waals surface area contributed by atoms with Gasteiger partial charge in [-0.2, -0.15) is 0 Å². The van der Waals surface area contributed by atoms with E-state index in [-0.39, 0.29) is 35.6 Å². The van der Waals surface area contributed by atoms with Gasteiger partial charge >= 0.3 is 0 Å². The molecule has 5 rings (SSSR count). The number of nitrogens with zero attached hydrogens (tertiary/aromatic N) is 2. The highest BCUT2D eigenvalue weighted by molar-refractivity contribution is 6.01. The largest absolute Gasteiger partial charge is 0.357 e. The van der Waals surface area contributed by atoms with Crippen LogP contribution in [0.4, 0.5) is 11.4 Å². The zero-order valence-electron chi connectivity index (χ0n) is 20.6. The number of fused-ring (bicyclic) bond motifs is 1. The topological polar surface area (TPSA) is 74.3 Å². The molecular formula is C29H34N4O2. The van der Waals surface area contributed by atoms with Crippen molar-refractivity contribution in [2.75, 3.05) is 16.8 Å². The molecule has 0 saturated carbocycles. The van der Waals surface area contributed by atoms with E-state index in [0.29, 0.717) is 13.0 Å². The fourth-order valence-corrected chi connectivity index (χ4v) is 5.78. The molecule has 0 saturated heterocycles. The van der Waals surface area contributed by atoms with Crippen LogP contribution < -0.4 is 15.5 Å². The molecule has 35 heavy (non-hydrogen) atoms. The number of allylic oxidation sites excluding steroid dienone is 3. The van der Waals surface area contributed by atoms with Gasteiger partial charge < -0.3 is 15.5 Å². The summed E-state index contributed by atoms with van der Waals surface area (Å²) in [5.41, 5.74) is 4.70. The molecule has 2 aliphatic carbocycles. The van der Waals surface area contributed by atoms with Crippen LogP contribution in [0.5, 0.6) is 0 Å². The first-order valence-electron chi connectivity index (χ1n) is 12.6. The number of ketones is 1. The number of pyridine rings is 1. The number of hydrogen-bond donors (Lipinski definition) is 2. The Bertz CT molecular complexity index is 1170. The molecular weight excluding hydrogens is 436 g/mol. The third-order valence-corrected chi connectivity index (χ3v) is 7.33. The Morgan fingerprint density at radius 3 is 2.80 bits per heavy atom. The maximum Gasteiger partial charge on any atom is 0.239 e. The molecule has 6 heteroatoms. The third-order valence-electron chi connectivity index (χ3n) is 7.33. The third kappa shape index (κ3) is 5.02. The second-order valence-electron chi connectivity index (χ2n) is 10.7. The first kappa shape index (κ1) is 23.3. The van der Waals surface area contributed by atoms with Crippen molar-refractivity contribution in [3.8, 4) is 0 Å². The van der Waals surface area contributed by atoms with E-state index in [1.807, 2.05) is 24.3 Å². The molecule has 0 fully saturated rings. The van der Waals surface area contributed by atoms with E-state index < -0.39 is 0 Å². The Hall–Kier alpha value is -3.41. The quantitative estimate of drug-likeness (QED) is 0.602. The monoisotopic (exact) mass is 470 g/mol. The zero-order chi connectivity index (χ0) is 24.4. The Balaban J connectivity index is 1.53. The standard InChI is InChI=1S/C29H34N4O2/c1-29(2)15-23-27(25(34)16-29)28(21-10-4-3-5-11-21)33(24-13-7-6-12-22(24)32-23)19-26(35)31-18-20-9-8-14-30-17-20/h3-4,6-9,12-14,17,21,28,32H,5,10-11,15-16,18-19H2,1-2H3,(H,31,35).